The lowest BCUT2D eigenvalue weighted by molar-refractivity contribution is 0.271. The Labute approximate surface area is 131 Å². The summed E-state index contributed by atoms with van der Waals surface area (Å²) in [6.45, 7) is 8.15. The predicted octanol–water partition coefficient (Wildman–Crippen LogP) is 2.86. The minimum absolute atomic E-state index is 0.514. The highest BCUT2D eigenvalue weighted by molar-refractivity contribution is 5.61. The molecule has 1 aromatic heterocycles. The maximum Gasteiger partial charge on any atom is 0.223 e. The van der Waals surface area contributed by atoms with Crippen molar-refractivity contribution >= 4 is 5.95 Å². The van der Waals surface area contributed by atoms with Gasteiger partial charge < -0.3 is 15.8 Å². The highest BCUT2D eigenvalue weighted by atomic mass is 16.5. The summed E-state index contributed by atoms with van der Waals surface area (Å²) in [6.07, 6.45) is 0. The molecule has 0 radical (unpaired) electrons. The monoisotopic (exact) mass is 300 g/mol. The number of benzene rings is 1. The molecule has 1 heterocycles. The van der Waals surface area contributed by atoms with Crippen molar-refractivity contribution in [2.24, 2.45) is 11.7 Å². The summed E-state index contributed by atoms with van der Waals surface area (Å²) in [5.74, 6) is 2.01. The molecule has 1 aromatic carbocycles. The van der Waals surface area contributed by atoms with Crippen molar-refractivity contribution in [1.29, 1.82) is 0 Å². The van der Waals surface area contributed by atoms with Gasteiger partial charge in [0.2, 0.25) is 5.95 Å². The van der Waals surface area contributed by atoms with Crippen LogP contribution in [0.3, 0.4) is 0 Å². The van der Waals surface area contributed by atoms with Crippen LogP contribution in [0.25, 0.3) is 11.3 Å². The van der Waals surface area contributed by atoms with E-state index in [4.69, 9.17) is 10.5 Å². The molecule has 2 aromatic rings. The fourth-order valence-corrected chi connectivity index (χ4v) is 1.96. The van der Waals surface area contributed by atoms with Crippen molar-refractivity contribution in [3.8, 4) is 17.0 Å². The SMILES string of the molecule is Cc1cc(-c2ccc(OCC(C)C)cc2)nc(NCCN)n1. The molecule has 0 fully saturated rings. The van der Waals surface area contributed by atoms with E-state index in [9.17, 15) is 0 Å². The molecular weight excluding hydrogens is 276 g/mol. The Hall–Kier alpha value is -2.14. The van der Waals surface area contributed by atoms with Gasteiger partial charge in [-0.1, -0.05) is 13.8 Å². The highest BCUT2D eigenvalue weighted by Crippen LogP contribution is 2.22. The molecule has 0 bridgehead atoms. The Bertz CT molecular complexity index is 596. The number of nitrogens with zero attached hydrogens (tertiary/aromatic N) is 2. The molecule has 0 amide bonds. The quantitative estimate of drug-likeness (QED) is 0.822. The minimum Gasteiger partial charge on any atom is -0.493 e. The fourth-order valence-electron chi connectivity index (χ4n) is 1.96. The average Bonchev–Trinajstić information content (AvgIpc) is 2.51. The van der Waals surface area contributed by atoms with Crippen LogP contribution in [0.4, 0.5) is 5.95 Å². The van der Waals surface area contributed by atoms with Crippen LogP contribution in [-0.4, -0.2) is 29.7 Å². The number of rotatable bonds is 7. The maximum absolute atomic E-state index is 5.70. The van der Waals surface area contributed by atoms with Crippen molar-refractivity contribution in [1.82, 2.24) is 9.97 Å². The molecule has 5 heteroatoms. The number of hydrogen-bond acceptors (Lipinski definition) is 5. The molecule has 0 aliphatic rings. The number of ether oxygens (including phenoxy) is 1. The van der Waals surface area contributed by atoms with Crippen LogP contribution in [0.2, 0.25) is 0 Å². The first-order valence-electron chi connectivity index (χ1n) is 7.61. The van der Waals surface area contributed by atoms with E-state index in [2.05, 4.69) is 29.1 Å². The van der Waals surface area contributed by atoms with Gasteiger partial charge in [-0.05, 0) is 43.2 Å². The van der Waals surface area contributed by atoms with E-state index < -0.39 is 0 Å². The van der Waals surface area contributed by atoms with Crippen LogP contribution >= 0.6 is 0 Å². The average molecular weight is 300 g/mol. The van der Waals surface area contributed by atoms with Crippen molar-refractivity contribution < 1.29 is 4.74 Å². The summed E-state index contributed by atoms with van der Waals surface area (Å²) < 4.78 is 5.70. The van der Waals surface area contributed by atoms with Gasteiger partial charge >= 0.3 is 0 Å². The van der Waals surface area contributed by atoms with E-state index in [0.717, 1.165) is 29.3 Å². The van der Waals surface area contributed by atoms with Gasteiger partial charge in [0.15, 0.2) is 0 Å². The number of nitrogens with one attached hydrogen (secondary N) is 1. The first-order valence-corrected chi connectivity index (χ1v) is 7.61. The molecule has 0 aliphatic carbocycles. The molecular formula is C17H24N4O. The lowest BCUT2D eigenvalue weighted by Crippen LogP contribution is -2.15. The minimum atomic E-state index is 0.514. The third kappa shape index (κ3) is 4.70. The van der Waals surface area contributed by atoms with Gasteiger partial charge in [-0.15, -0.1) is 0 Å². The summed E-state index contributed by atoms with van der Waals surface area (Å²) in [6, 6.07) is 9.95. The van der Waals surface area contributed by atoms with Gasteiger partial charge in [-0.25, -0.2) is 9.97 Å². The first-order chi connectivity index (χ1) is 10.6. The highest BCUT2D eigenvalue weighted by Gasteiger charge is 2.05. The smallest absolute Gasteiger partial charge is 0.223 e. The lowest BCUT2D eigenvalue weighted by Gasteiger charge is -2.10. The zero-order valence-corrected chi connectivity index (χ0v) is 13.5. The molecule has 118 valence electrons. The summed E-state index contributed by atoms with van der Waals surface area (Å²) in [7, 11) is 0. The summed E-state index contributed by atoms with van der Waals surface area (Å²) in [5, 5.41) is 3.12. The fraction of sp³-hybridized carbons (Fsp3) is 0.412. The molecule has 2 rings (SSSR count). The zero-order chi connectivity index (χ0) is 15.9. The Balaban J connectivity index is 2.15. The molecule has 0 atom stereocenters. The topological polar surface area (TPSA) is 73.1 Å². The molecule has 0 saturated heterocycles. The van der Waals surface area contributed by atoms with Gasteiger partial charge in [-0.3, -0.25) is 0 Å². The Kier molecular flexibility index (Phi) is 5.72. The predicted molar refractivity (Wildman–Crippen MR) is 90.1 cm³/mol. The Morgan fingerprint density at radius 2 is 1.91 bits per heavy atom. The van der Waals surface area contributed by atoms with Crippen molar-refractivity contribution in [3.63, 3.8) is 0 Å². The summed E-state index contributed by atoms with van der Waals surface area (Å²) in [4.78, 5) is 8.89. The number of aryl methyl sites for hydroxylation is 1. The van der Waals surface area contributed by atoms with Gasteiger partial charge in [0.05, 0.1) is 12.3 Å². The molecule has 0 saturated carbocycles. The normalized spacial score (nSPS) is 10.8. The Morgan fingerprint density at radius 1 is 1.18 bits per heavy atom. The lowest BCUT2D eigenvalue weighted by atomic mass is 10.1. The van der Waals surface area contributed by atoms with Gasteiger partial charge in [-0.2, -0.15) is 0 Å². The van der Waals surface area contributed by atoms with E-state index in [-0.39, 0.29) is 0 Å². The van der Waals surface area contributed by atoms with Crippen LogP contribution in [0, 0.1) is 12.8 Å². The van der Waals surface area contributed by atoms with Crippen molar-refractivity contribution in [2.45, 2.75) is 20.8 Å². The van der Waals surface area contributed by atoms with Crippen molar-refractivity contribution in [3.05, 3.63) is 36.0 Å². The molecule has 22 heavy (non-hydrogen) atoms. The van der Waals surface area contributed by atoms with E-state index >= 15 is 0 Å². The third-order valence-electron chi connectivity index (χ3n) is 3.02. The zero-order valence-electron chi connectivity index (χ0n) is 13.5. The van der Waals surface area contributed by atoms with Crippen LogP contribution in [0.5, 0.6) is 5.75 Å². The molecule has 3 N–H and O–H groups in total. The largest absolute Gasteiger partial charge is 0.493 e. The second kappa shape index (κ2) is 7.75. The first kappa shape index (κ1) is 16.2. The van der Waals surface area contributed by atoms with E-state index in [1.165, 1.54) is 0 Å². The summed E-state index contributed by atoms with van der Waals surface area (Å²) in [5.41, 5.74) is 8.35. The van der Waals surface area contributed by atoms with Crippen LogP contribution in [0.1, 0.15) is 19.5 Å². The summed E-state index contributed by atoms with van der Waals surface area (Å²) >= 11 is 0. The van der Waals surface area contributed by atoms with E-state index in [1.807, 2.05) is 37.3 Å². The number of anilines is 1. The molecule has 0 aliphatic heterocycles. The molecule has 0 unspecified atom stereocenters. The Morgan fingerprint density at radius 3 is 2.55 bits per heavy atom. The van der Waals surface area contributed by atoms with Crippen LogP contribution in [0.15, 0.2) is 30.3 Å². The standard InChI is InChI=1S/C17H24N4O/c1-12(2)11-22-15-6-4-14(5-7-15)16-10-13(3)20-17(21-16)19-9-8-18/h4-7,10,12H,8-9,11,18H2,1-3H3,(H,19,20,21). The van der Waals surface area contributed by atoms with Crippen LogP contribution < -0.4 is 15.8 Å². The van der Waals surface area contributed by atoms with E-state index in [0.29, 0.717) is 25.0 Å². The van der Waals surface area contributed by atoms with Crippen LogP contribution in [-0.2, 0) is 0 Å². The maximum atomic E-state index is 5.70. The number of nitrogens with two attached hydrogens (primary N) is 1. The van der Waals surface area contributed by atoms with E-state index in [1.54, 1.807) is 0 Å². The van der Waals surface area contributed by atoms with Gasteiger partial charge in [0, 0.05) is 24.3 Å². The third-order valence-corrected chi connectivity index (χ3v) is 3.02. The van der Waals surface area contributed by atoms with Crippen molar-refractivity contribution in [2.75, 3.05) is 25.0 Å². The van der Waals surface area contributed by atoms with Gasteiger partial charge in [0.1, 0.15) is 5.75 Å². The van der Waals surface area contributed by atoms with Gasteiger partial charge in [0.25, 0.3) is 0 Å². The molecule has 0 spiro atoms. The number of aromatic nitrogens is 2. The molecule has 5 nitrogen and oxygen atoms in total. The second-order valence-corrected chi connectivity index (χ2v) is 5.66. The number of hydrogen-bond donors (Lipinski definition) is 2. The second-order valence-electron chi connectivity index (χ2n) is 5.66.